The minimum atomic E-state index is -0.583. The minimum Gasteiger partial charge on any atom is -0.387 e. The number of nitrogens with one attached hydrogen (secondary N) is 1. The van der Waals surface area contributed by atoms with Gasteiger partial charge in [0.05, 0.1) is 12.2 Å². The molecule has 1 fully saturated rings. The zero-order chi connectivity index (χ0) is 13.7. The molecule has 124 valence electrons. The summed E-state index contributed by atoms with van der Waals surface area (Å²) in [6.07, 6.45) is 0.833. The molecule has 0 bridgehead atoms. The first-order valence-electron chi connectivity index (χ1n) is 6.81. The normalized spacial score (nSPS) is 21.1. The quantitative estimate of drug-likeness (QED) is 0.784. The van der Waals surface area contributed by atoms with E-state index < -0.39 is 5.60 Å². The van der Waals surface area contributed by atoms with Gasteiger partial charge in [-0.1, -0.05) is 0 Å². The van der Waals surface area contributed by atoms with Gasteiger partial charge in [-0.15, -0.1) is 36.2 Å². The highest BCUT2D eigenvalue weighted by molar-refractivity contribution is 7.11. The third-order valence-corrected chi connectivity index (χ3v) is 4.51. The van der Waals surface area contributed by atoms with E-state index in [4.69, 9.17) is 4.74 Å². The fourth-order valence-electron chi connectivity index (χ4n) is 2.51. The van der Waals surface area contributed by atoms with Crippen LogP contribution in [0, 0.1) is 6.92 Å². The van der Waals surface area contributed by atoms with Gasteiger partial charge in [-0.25, -0.2) is 0 Å². The van der Waals surface area contributed by atoms with E-state index >= 15 is 0 Å². The molecule has 1 unspecified atom stereocenters. The van der Waals surface area contributed by atoms with Crippen molar-refractivity contribution in [3.05, 3.63) is 21.9 Å². The maximum Gasteiger partial charge on any atom is 0.0909 e. The molecule has 0 radical (unpaired) electrons. The number of methoxy groups -OCH3 is 1. The standard InChI is InChI=1S/C14H24N2O2S.2ClH/c1-12-3-4-13(19-12)9-16(7-8-18-2)11-14(17)5-6-15-10-14;;/h3-4,15,17H,5-11H2,1-2H3;2*1H. The SMILES string of the molecule is COCCN(Cc1ccc(C)s1)CC1(O)CCNC1.Cl.Cl. The summed E-state index contributed by atoms with van der Waals surface area (Å²) in [6.45, 7) is 6.89. The lowest BCUT2D eigenvalue weighted by Gasteiger charge is -2.30. The van der Waals surface area contributed by atoms with Crippen LogP contribution in [0.1, 0.15) is 16.2 Å². The van der Waals surface area contributed by atoms with E-state index in [1.165, 1.54) is 9.75 Å². The molecule has 0 amide bonds. The molecule has 2 heterocycles. The molecule has 1 atom stereocenters. The zero-order valence-electron chi connectivity index (χ0n) is 12.6. The molecule has 21 heavy (non-hydrogen) atoms. The van der Waals surface area contributed by atoms with Crippen molar-refractivity contribution in [2.45, 2.75) is 25.5 Å². The summed E-state index contributed by atoms with van der Waals surface area (Å²) in [6, 6.07) is 4.33. The van der Waals surface area contributed by atoms with E-state index in [1.54, 1.807) is 7.11 Å². The zero-order valence-corrected chi connectivity index (χ0v) is 15.1. The van der Waals surface area contributed by atoms with Gasteiger partial charge in [0.1, 0.15) is 0 Å². The molecule has 1 saturated heterocycles. The fraction of sp³-hybridized carbons (Fsp3) is 0.714. The molecule has 2 rings (SSSR count). The Labute approximate surface area is 143 Å². The van der Waals surface area contributed by atoms with Gasteiger partial charge in [-0.2, -0.15) is 0 Å². The van der Waals surface area contributed by atoms with Crippen LogP contribution >= 0.6 is 36.2 Å². The van der Waals surface area contributed by atoms with Crippen LogP contribution in [0.4, 0.5) is 0 Å². The average molecular weight is 357 g/mol. The average Bonchev–Trinajstić information content (AvgIpc) is 2.96. The van der Waals surface area contributed by atoms with E-state index in [1.807, 2.05) is 11.3 Å². The number of aliphatic hydroxyl groups is 1. The molecular weight excluding hydrogens is 331 g/mol. The molecule has 0 saturated carbocycles. The second-order valence-electron chi connectivity index (χ2n) is 5.37. The van der Waals surface area contributed by atoms with Gasteiger partial charge in [0, 0.05) is 43.0 Å². The lowest BCUT2D eigenvalue weighted by atomic mass is 10.0. The Kier molecular flexibility index (Phi) is 10.1. The Hall–Kier alpha value is 0.120. The first kappa shape index (κ1) is 21.1. The highest BCUT2D eigenvalue weighted by Crippen LogP contribution is 2.20. The Morgan fingerprint density at radius 2 is 2.19 bits per heavy atom. The third kappa shape index (κ3) is 6.82. The van der Waals surface area contributed by atoms with Crippen molar-refractivity contribution in [3.63, 3.8) is 0 Å². The molecule has 0 aliphatic carbocycles. The predicted molar refractivity (Wildman–Crippen MR) is 93.1 cm³/mol. The number of nitrogens with zero attached hydrogens (tertiary/aromatic N) is 1. The maximum atomic E-state index is 10.5. The summed E-state index contributed by atoms with van der Waals surface area (Å²) >= 11 is 1.83. The number of thiophene rings is 1. The predicted octanol–water partition coefficient (Wildman–Crippen LogP) is 2.07. The van der Waals surface area contributed by atoms with Crippen LogP contribution in [-0.2, 0) is 11.3 Å². The van der Waals surface area contributed by atoms with Crippen molar-refractivity contribution in [2.75, 3.05) is 39.9 Å². The number of rotatable bonds is 7. The number of hydrogen-bond donors (Lipinski definition) is 2. The number of ether oxygens (including phenoxy) is 1. The largest absolute Gasteiger partial charge is 0.387 e. The van der Waals surface area contributed by atoms with Crippen LogP contribution in [0.3, 0.4) is 0 Å². The molecule has 4 nitrogen and oxygen atoms in total. The van der Waals surface area contributed by atoms with Crippen LogP contribution in [-0.4, -0.2) is 55.5 Å². The number of halogens is 2. The van der Waals surface area contributed by atoms with Gasteiger partial charge < -0.3 is 15.2 Å². The topological polar surface area (TPSA) is 44.7 Å². The third-order valence-electron chi connectivity index (χ3n) is 3.53. The van der Waals surface area contributed by atoms with Gasteiger partial charge in [0.15, 0.2) is 0 Å². The first-order valence-corrected chi connectivity index (χ1v) is 7.63. The summed E-state index contributed by atoms with van der Waals surface area (Å²) in [5.74, 6) is 0. The summed E-state index contributed by atoms with van der Waals surface area (Å²) < 4.78 is 5.18. The summed E-state index contributed by atoms with van der Waals surface area (Å²) in [5.41, 5.74) is -0.583. The number of β-amino-alcohol motifs (C(OH)–C–C–N with tert-alkyl or cyclic N) is 1. The molecule has 0 aromatic carbocycles. The number of hydrogen-bond acceptors (Lipinski definition) is 5. The highest BCUT2D eigenvalue weighted by Gasteiger charge is 2.32. The summed E-state index contributed by atoms with van der Waals surface area (Å²) in [5, 5.41) is 13.7. The van der Waals surface area contributed by atoms with Crippen molar-refractivity contribution >= 4 is 36.2 Å². The van der Waals surface area contributed by atoms with Crippen molar-refractivity contribution < 1.29 is 9.84 Å². The molecule has 0 spiro atoms. The van der Waals surface area contributed by atoms with E-state index in [9.17, 15) is 5.11 Å². The summed E-state index contributed by atoms with van der Waals surface area (Å²) in [7, 11) is 1.72. The molecule has 1 aliphatic heterocycles. The van der Waals surface area contributed by atoms with Gasteiger partial charge in [0.25, 0.3) is 0 Å². The van der Waals surface area contributed by atoms with Crippen LogP contribution in [0.2, 0.25) is 0 Å². The molecule has 1 aromatic heterocycles. The van der Waals surface area contributed by atoms with Gasteiger partial charge >= 0.3 is 0 Å². The Balaban J connectivity index is 0.00000200. The second-order valence-corrected chi connectivity index (χ2v) is 6.74. The molecule has 1 aliphatic rings. The lowest BCUT2D eigenvalue weighted by molar-refractivity contribution is 0.0114. The van der Waals surface area contributed by atoms with Crippen LogP contribution in [0.15, 0.2) is 12.1 Å². The Bertz CT molecular complexity index is 398. The van der Waals surface area contributed by atoms with Crippen molar-refractivity contribution in [1.29, 1.82) is 0 Å². The number of aryl methyl sites for hydroxylation is 1. The molecular formula is C14H26Cl2N2O2S. The van der Waals surface area contributed by atoms with E-state index in [2.05, 4.69) is 29.3 Å². The minimum absolute atomic E-state index is 0. The van der Waals surface area contributed by atoms with E-state index in [-0.39, 0.29) is 24.8 Å². The van der Waals surface area contributed by atoms with Crippen molar-refractivity contribution in [3.8, 4) is 0 Å². The fourth-order valence-corrected chi connectivity index (χ4v) is 3.44. The highest BCUT2D eigenvalue weighted by atomic mass is 35.5. The second kappa shape index (κ2) is 10.0. The van der Waals surface area contributed by atoms with Gasteiger partial charge in [0.2, 0.25) is 0 Å². The van der Waals surface area contributed by atoms with E-state index in [0.717, 1.165) is 26.1 Å². The van der Waals surface area contributed by atoms with E-state index in [0.29, 0.717) is 19.7 Å². The lowest BCUT2D eigenvalue weighted by Crippen LogP contribution is -2.45. The smallest absolute Gasteiger partial charge is 0.0909 e. The van der Waals surface area contributed by atoms with Gasteiger partial charge in [-0.05, 0) is 32.0 Å². The van der Waals surface area contributed by atoms with Gasteiger partial charge in [-0.3, -0.25) is 4.90 Å². The van der Waals surface area contributed by atoms with Crippen molar-refractivity contribution in [1.82, 2.24) is 10.2 Å². The Morgan fingerprint density at radius 3 is 2.71 bits per heavy atom. The monoisotopic (exact) mass is 356 g/mol. The van der Waals surface area contributed by atoms with Crippen LogP contribution in [0.5, 0.6) is 0 Å². The first-order chi connectivity index (χ1) is 9.11. The molecule has 7 heteroatoms. The van der Waals surface area contributed by atoms with Crippen molar-refractivity contribution in [2.24, 2.45) is 0 Å². The maximum absolute atomic E-state index is 10.5. The molecule has 2 N–H and O–H groups in total. The Morgan fingerprint density at radius 1 is 1.43 bits per heavy atom. The van der Waals surface area contributed by atoms with Crippen LogP contribution < -0.4 is 5.32 Å². The van der Waals surface area contributed by atoms with Crippen LogP contribution in [0.25, 0.3) is 0 Å². The molecule has 1 aromatic rings. The summed E-state index contributed by atoms with van der Waals surface area (Å²) in [4.78, 5) is 4.98.